The number of hydrogen-bond donors (Lipinski definition) is 1. The molecule has 0 unspecified atom stereocenters. The summed E-state index contributed by atoms with van der Waals surface area (Å²) in [6, 6.07) is 9.12. The number of para-hydroxylation sites is 1. The van der Waals surface area contributed by atoms with Gasteiger partial charge in [0.15, 0.2) is 0 Å². The van der Waals surface area contributed by atoms with Crippen molar-refractivity contribution in [3.63, 3.8) is 0 Å². The molecule has 1 aromatic heterocycles. The average molecular weight is 471 g/mol. The van der Waals surface area contributed by atoms with Crippen LogP contribution in [0.3, 0.4) is 0 Å². The van der Waals surface area contributed by atoms with Gasteiger partial charge in [-0.25, -0.2) is 8.42 Å². The maximum absolute atomic E-state index is 13.5. The van der Waals surface area contributed by atoms with Crippen LogP contribution in [0.4, 0.5) is 5.69 Å². The molecule has 10 heteroatoms. The third-order valence-electron chi connectivity index (χ3n) is 6.30. The van der Waals surface area contributed by atoms with E-state index in [4.69, 9.17) is 0 Å². The van der Waals surface area contributed by atoms with E-state index < -0.39 is 27.2 Å². The Kier molecular flexibility index (Phi) is 5.75. The Morgan fingerprint density at radius 1 is 0.970 bits per heavy atom. The first-order valence-corrected chi connectivity index (χ1v) is 12.1. The van der Waals surface area contributed by atoms with Crippen LogP contribution in [0, 0.1) is 13.8 Å². The summed E-state index contributed by atoms with van der Waals surface area (Å²) in [5, 5.41) is 2.91. The van der Waals surface area contributed by atoms with Crippen molar-refractivity contribution >= 4 is 32.7 Å². The number of hydrogen-bond acceptors (Lipinski definition) is 5. The highest BCUT2D eigenvalue weighted by Gasteiger charge is 2.39. The Balaban J connectivity index is 1.72. The van der Waals surface area contributed by atoms with Crippen molar-refractivity contribution in [1.82, 2.24) is 13.4 Å². The standard InChI is InChI=1S/C23H26N4O5S/c1-14-7-5-8-15(2)20(14)24-21(28)18-9-6-12-27(18)33(31,32)16-10-11-17-19(13-16)26(4)23(30)22(29)25(17)3/h5,7-8,10-11,13,18H,6,9,12H2,1-4H3,(H,24,28)/t18-/m0/s1. The number of sulfonamides is 1. The summed E-state index contributed by atoms with van der Waals surface area (Å²) in [4.78, 5) is 37.3. The fraction of sp³-hybridized carbons (Fsp3) is 0.348. The highest BCUT2D eigenvalue weighted by molar-refractivity contribution is 7.89. The molecule has 33 heavy (non-hydrogen) atoms. The molecule has 0 bridgehead atoms. The first-order chi connectivity index (χ1) is 15.5. The van der Waals surface area contributed by atoms with E-state index in [0.29, 0.717) is 29.6 Å². The molecule has 1 N–H and O–H groups in total. The highest BCUT2D eigenvalue weighted by Crippen LogP contribution is 2.29. The van der Waals surface area contributed by atoms with Gasteiger partial charge in [-0.1, -0.05) is 18.2 Å². The lowest BCUT2D eigenvalue weighted by Gasteiger charge is -2.24. The van der Waals surface area contributed by atoms with Gasteiger partial charge >= 0.3 is 11.1 Å². The first kappa shape index (κ1) is 22.9. The zero-order chi connectivity index (χ0) is 24.1. The molecule has 1 aliphatic heterocycles. The summed E-state index contributed by atoms with van der Waals surface area (Å²) in [7, 11) is -1.12. The number of carbonyl (C=O) groups is 1. The molecule has 0 spiro atoms. The lowest BCUT2D eigenvalue weighted by Crippen LogP contribution is -2.43. The molecule has 0 radical (unpaired) electrons. The molecule has 1 fully saturated rings. The second-order valence-electron chi connectivity index (χ2n) is 8.41. The summed E-state index contributed by atoms with van der Waals surface area (Å²) in [6.45, 7) is 3.99. The van der Waals surface area contributed by atoms with Gasteiger partial charge in [0.2, 0.25) is 15.9 Å². The van der Waals surface area contributed by atoms with Crippen LogP contribution >= 0.6 is 0 Å². The Morgan fingerprint density at radius 3 is 2.21 bits per heavy atom. The Morgan fingerprint density at radius 2 is 1.58 bits per heavy atom. The van der Waals surface area contributed by atoms with Crippen LogP contribution in [0.1, 0.15) is 24.0 Å². The van der Waals surface area contributed by atoms with Crippen LogP contribution in [0.15, 0.2) is 50.9 Å². The molecule has 1 aliphatic rings. The van der Waals surface area contributed by atoms with E-state index in [0.717, 1.165) is 15.7 Å². The molecule has 1 amide bonds. The molecule has 4 rings (SSSR count). The van der Waals surface area contributed by atoms with Crippen LogP contribution in [0.5, 0.6) is 0 Å². The Bertz CT molecular complexity index is 1480. The zero-order valence-electron chi connectivity index (χ0n) is 19.0. The van der Waals surface area contributed by atoms with Crippen LogP contribution in [0.2, 0.25) is 0 Å². The molecule has 0 aliphatic carbocycles. The smallest absolute Gasteiger partial charge is 0.316 e. The lowest BCUT2D eigenvalue weighted by molar-refractivity contribution is -0.119. The molecule has 9 nitrogen and oxygen atoms in total. The van der Waals surface area contributed by atoms with Crippen LogP contribution in [0.25, 0.3) is 11.0 Å². The first-order valence-electron chi connectivity index (χ1n) is 10.6. The van der Waals surface area contributed by atoms with Gasteiger partial charge in [-0.15, -0.1) is 0 Å². The minimum absolute atomic E-state index is 0.0320. The second-order valence-corrected chi connectivity index (χ2v) is 10.3. The number of rotatable bonds is 4. The van der Waals surface area contributed by atoms with E-state index in [9.17, 15) is 22.8 Å². The number of benzene rings is 2. The van der Waals surface area contributed by atoms with Gasteiger partial charge in [-0.2, -0.15) is 4.31 Å². The third kappa shape index (κ3) is 3.79. The van der Waals surface area contributed by atoms with E-state index in [1.807, 2.05) is 32.0 Å². The zero-order valence-corrected chi connectivity index (χ0v) is 19.8. The lowest BCUT2D eigenvalue weighted by atomic mass is 10.1. The average Bonchev–Trinajstić information content (AvgIpc) is 3.29. The minimum Gasteiger partial charge on any atom is -0.324 e. The quantitative estimate of drug-likeness (QED) is 0.583. The van der Waals surface area contributed by atoms with Gasteiger partial charge in [0.05, 0.1) is 15.9 Å². The van der Waals surface area contributed by atoms with Crippen molar-refractivity contribution in [3.8, 4) is 0 Å². The van der Waals surface area contributed by atoms with Crippen molar-refractivity contribution < 1.29 is 13.2 Å². The van der Waals surface area contributed by atoms with Gasteiger partial charge < -0.3 is 14.5 Å². The monoisotopic (exact) mass is 470 g/mol. The number of anilines is 1. The third-order valence-corrected chi connectivity index (χ3v) is 8.21. The molecular weight excluding hydrogens is 444 g/mol. The van der Waals surface area contributed by atoms with Crippen molar-refractivity contribution in [2.24, 2.45) is 14.1 Å². The highest BCUT2D eigenvalue weighted by atomic mass is 32.2. The number of amides is 1. The van der Waals surface area contributed by atoms with E-state index >= 15 is 0 Å². The van der Waals surface area contributed by atoms with Crippen LogP contribution in [-0.4, -0.2) is 40.4 Å². The summed E-state index contributed by atoms with van der Waals surface area (Å²) in [5.41, 5.74) is 1.81. The predicted molar refractivity (Wildman–Crippen MR) is 126 cm³/mol. The number of fused-ring (bicyclic) bond motifs is 1. The maximum Gasteiger partial charge on any atom is 0.316 e. The van der Waals surface area contributed by atoms with Gasteiger partial charge in [-0.3, -0.25) is 14.4 Å². The molecule has 1 atom stereocenters. The van der Waals surface area contributed by atoms with Gasteiger partial charge in [0.1, 0.15) is 6.04 Å². The molecule has 1 saturated heterocycles. The molecule has 2 heterocycles. The van der Waals surface area contributed by atoms with Gasteiger partial charge in [-0.05, 0) is 56.0 Å². The number of nitrogens with zero attached hydrogens (tertiary/aromatic N) is 3. The number of nitrogens with one attached hydrogen (secondary N) is 1. The Hall–Kier alpha value is -3.24. The van der Waals surface area contributed by atoms with E-state index in [-0.39, 0.29) is 17.3 Å². The van der Waals surface area contributed by atoms with Crippen LogP contribution in [-0.2, 0) is 28.9 Å². The SMILES string of the molecule is Cc1cccc(C)c1NC(=O)[C@@H]1CCCN1S(=O)(=O)c1ccc2c(c1)n(C)c(=O)c(=O)n2C. The fourth-order valence-corrected chi connectivity index (χ4v) is 6.04. The van der Waals surface area contributed by atoms with Gasteiger partial charge in [0.25, 0.3) is 0 Å². The van der Waals surface area contributed by atoms with Crippen molar-refractivity contribution in [2.45, 2.75) is 37.6 Å². The topological polar surface area (TPSA) is 110 Å². The molecule has 3 aromatic rings. The predicted octanol–water partition coefficient (Wildman–Crippen LogP) is 1.65. The number of aromatic nitrogens is 2. The fourth-order valence-electron chi connectivity index (χ4n) is 4.37. The maximum atomic E-state index is 13.5. The molecule has 2 aromatic carbocycles. The Labute approximate surface area is 191 Å². The summed E-state index contributed by atoms with van der Waals surface area (Å²) in [5.74, 6) is -0.371. The summed E-state index contributed by atoms with van der Waals surface area (Å²) < 4.78 is 30.6. The molecular formula is C23H26N4O5S. The minimum atomic E-state index is -4.02. The largest absolute Gasteiger partial charge is 0.324 e. The van der Waals surface area contributed by atoms with E-state index in [2.05, 4.69) is 5.32 Å². The van der Waals surface area contributed by atoms with E-state index in [1.165, 1.54) is 41.2 Å². The van der Waals surface area contributed by atoms with Crippen LogP contribution < -0.4 is 16.4 Å². The summed E-state index contributed by atoms with van der Waals surface area (Å²) >= 11 is 0. The van der Waals surface area contributed by atoms with Crippen molar-refractivity contribution in [1.29, 1.82) is 0 Å². The number of carbonyl (C=O) groups excluding carboxylic acids is 1. The van der Waals surface area contributed by atoms with E-state index in [1.54, 1.807) is 0 Å². The van der Waals surface area contributed by atoms with Crippen molar-refractivity contribution in [3.05, 3.63) is 68.2 Å². The van der Waals surface area contributed by atoms with Crippen molar-refractivity contribution in [2.75, 3.05) is 11.9 Å². The summed E-state index contributed by atoms with van der Waals surface area (Å²) in [6.07, 6.45) is 0.973. The normalized spacial score (nSPS) is 16.9. The molecule has 174 valence electrons. The second kappa shape index (κ2) is 8.27. The molecule has 0 saturated carbocycles. The van der Waals surface area contributed by atoms with Gasteiger partial charge in [0, 0.05) is 26.3 Å². The number of aryl methyl sites for hydroxylation is 4.